The van der Waals surface area contributed by atoms with Crippen LogP contribution >= 0.6 is 0 Å². The summed E-state index contributed by atoms with van der Waals surface area (Å²) < 4.78 is 5.41. The number of rotatable bonds is 8. The number of Topliss-reactive ketones (excluding diaryl/α,β-unsaturated/α-hetero) is 1. The lowest BCUT2D eigenvalue weighted by Gasteiger charge is -2.06. The van der Waals surface area contributed by atoms with Crippen LogP contribution in [-0.4, -0.2) is 35.9 Å². The Bertz CT molecular complexity index is 481. The third kappa shape index (κ3) is 5.99. The lowest BCUT2D eigenvalue weighted by atomic mass is 10.1. The highest BCUT2D eigenvalue weighted by molar-refractivity contribution is 5.94. The van der Waals surface area contributed by atoms with E-state index < -0.39 is 5.97 Å². The number of ketones is 1. The average molecular weight is 279 g/mol. The molecule has 6 nitrogen and oxygen atoms in total. The van der Waals surface area contributed by atoms with Gasteiger partial charge in [-0.25, -0.2) is 0 Å². The number of carboxylic acid groups (broad SMARTS) is 1. The largest absolute Gasteiger partial charge is 0.494 e. The van der Waals surface area contributed by atoms with E-state index in [1.807, 2.05) is 0 Å². The molecule has 0 saturated carbocycles. The van der Waals surface area contributed by atoms with Gasteiger partial charge in [-0.1, -0.05) is 0 Å². The van der Waals surface area contributed by atoms with Crippen LogP contribution in [0, 0.1) is 0 Å². The van der Waals surface area contributed by atoms with Crippen LogP contribution in [0.2, 0.25) is 0 Å². The van der Waals surface area contributed by atoms with Gasteiger partial charge in [0.25, 0.3) is 0 Å². The van der Waals surface area contributed by atoms with Gasteiger partial charge in [0.15, 0.2) is 5.78 Å². The Morgan fingerprint density at radius 1 is 1.20 bits per heavy atom. The molecule has 1 aromatic rings. The second-order valence-corrected chi connectivity index (χ2v) is 4.20. The lowest BCUT2D eigenvalue weighted by Crippen LogP contribution is -2.29. The molecule has 108 valence electrons. The van der Waals surface area contributed by atoms with Crippen LogP contribution in [0.15, 0.2) is 24.3 Å². The molecule has 0 heterocycles. The first-order valence-corrected chi connectivity index (χ1v) is 6.21. The molecule has 6 heteroatoms. The summed E-state index contributed by atoms with van der Waals surface area (Å²) in [6.45, 7) is 1.47. The zero-order valence-electron chi connectivity index (χ0n) is 11.2. The van der Waals surface area contributed by atoms with E-state index in [2.05, 4.69) is 5.32 Å². The number of aliphatic carboxylic acids is 1. The van der Waals surface area contributed by atoms with Crippen molar-refractivity contribution in [3.8, 4) is 5.75 Å². The van der Waals surface area contributed by atoms with E-state index >= 15 is 0 Å². The van der Waals surface area contributed by atoms with E-state index in [9.17, 15) is 14.4 Å². The molecule has 1 aromatic carbocycles. The number of amides is 1. The Balaban J connectivity index is 2.22. The quantitative estimate of drug-likeness (QED) is 0.552. The number of carbonyl (C=O) groups is 3. The summed E-state index contributed by atoms with van der Waals surface area (Å²) in [6, 6.07) is 6.75. The standard InChI is InChI=1S/C14H17NO5/c1-10(16)11-4-6-12(7-5-11)20-8-2-3-13(17)15-9-14(18)19/h4-7H,2-3,8-9H2,1H3,(H,15,17)(H,18,19). The van der Waals surface area contributed by atoms with Gasteiger partial charge >= 0.3 is 5.97 Å². The first-order chi connectivity index (χ1) is 9.49. The van der Waals surface area contributed by atoms with E-state index in [-0.39, 0.29) is 24.7 Å². The van der Waals surface area contributed by atoms with Crippen molar-refractivity contribution in [1.82, 2.24) is 5.32 Å². The highest BCUT2D eigenvalue weighted by atomic mass is 16.5. The molecule has 0 aliphatic rings. The molecular weight excluding hydrogens is 262 g/mol. The maximum Gasteiger partial charge on any atom is 0.322 e. The Morgan fingerprint density at radius 3 is 2.40 bits per heavy atom. The number of benzene rings is 1. The molecule has 0 fully saturated rings. The summed E-state index contributed by atoms with van der Waals surface area (Å²) in [5, 5.41) is 10.6. The van der Waals surface area contributed by atoms with Crippen molar-refractivity contribution in [3.05, 3.63) is 29.8 Å². The molecule has 2 N–H and O–H groups in total. The first-order valence-electron chi connectivity index (χ1n) is 6.21. The Hall–Kier alpha value is -2.37. The van der Waals surface area contributed by atoms with Crippen molar-refractivity contribution in [2.75, 3.05) is 13.2 Å². The predicted molar refractivity (Wildman–Crippen MR) is 71.8 cm³/mol. The van der Waals surface area contributed by atoms with Crippen molar-refractivity contribution >= 4 is 17.7 Å². The lowest BCUT2D eigenvalue weighted by molar-refractivity contribution is -0.137. The van der Waals surface area contributed by atoms with Gasteiger partial charge in [-0.15, -0.1) is 0 Å². The normalized spacial score (nSPS) is 9.85. The summed E-state index contributed by atoms with van der Waals surface area (Å²) in [5.74, 6) is -0.768. The minimum Gasteiger partial charge on any atom is -0.494 e. The van der Waals surface area contributed by atoms with Gasteiger partial charge in [-0.3, -0.25) is 14.4 Å². The molecule has 0 unspecified atom stereocenters. The SMILES string of the molecule is CC(=O)c1ccc(OCCCC(=O)NCC(=O)O)cc1. The van der Waals surface area contributed by atoms with Crippen molar-refractivity contribution in [2.24, 2.45) is 0 Å². The van der Waals surface area contributed by atoms with Crippen LogP contribution in [0.25, 0.3) is 0 Å². The third-order valence-corrected chi connectivity index (χ3v) is 2.51. The van der Waals surface area contributed by atoms with Crippen molar-refractivity contribution in [3.63, 3.8) is 0 Å². The molecule has 0 atom stereocenters. The molecule has 0 radical (unpaired) electrons. The zero-order chi connectivity index (χ0) is 15.0. The molecule has 1 rings (SSSR count). The minimum absolute atomic E-state index is 0.00773. The van der Waals surface area contributed by atoms with Crippen LogP contribution in [0.1, 0.15) is 30.1 Å². The third-order valence-electron chi connectivity index (χ3n) is 2.51. The van der Waals surface area contributed by atoms with Gasteiger partial charge in [0.2, 0.25) is 5.91 Å². The second kappa shape index (κ2) is 7.93. The van der Waals surface area contributed by atoms with Gasteiger partial charge in [0.1, 0.15) is 12.3 Å². The van der Waals surface area contributed by atoms with Crippen molar-refractivity contribution in [2.45, 2.75) is 19.8 Å². The molecule has 20 heavy (non-hydrogen) atoms. The molecule has 0 bridgehead atoms. The van der Waals surface area contributed by atoms with Crippen LogP contribution < -0.4 is 10.1 Å². The Labute approximate surface area is 116 Å². The van der Waals surface area contributed by atoms with Crippen LogP contribution in [0.5, 0.6) is 5.75 Å². The molecule has 0 aromatic heterocycles. The monoisotopic (exact) mass is 279 g/mol. The van der Waals surface area contributed by atoms with E-state index in [1.54, 1.807) is 24.3 Å². The van der Waals surface area contributed by atoms with Crippen LogP contribution in [0.4, 0.5) is 0 Å². The molecule has 0 spiro atoms. The Kier molecular flexibility index (Phi) is 6.22. The molecule has 0 saturated heterocycles. The first kappa shape index (κ1) is 15.7. The highest BCUT2D eigenvalue weighted by Crippen LogP contribution is 2.12. The van der Waals surface area contributed by atoms with Gasteiger partial charge < -0.3 is 15.2 Å². The fourth-order valence-corrected chi connectivity index (χ4v) is 1.47. The van der Waals surface area contributed by atoms with E-state index in [0.717, 1.165) is 0 Å². The van der Waals surface area contributed by atoms with E-state index in [4.69, 9.17) is 9.84 Å². The van der Waals surface area contributed by atoms with E-state index in [0.29, 0.717) is 24.3 Å². The maximum absolute atomic E-state index is 11.2. The average Bonchev–Trinajstić information content (AvgIpc) is 2.42. The highest BCUT2D eigenvalue weighted by Gasteiger charge is 2.04. The summed E-state index contributed by atoms with van der Waals surface area (Å²) in [6.07, 6.45) is 0.693. The number of carbonyl (C=O) groups excluding carboxylic acids is 2. The number of hydrogen-bond acceptors (Lipinski definition) is 4. The fourth-order valence-electron chi connectivity index (χ4n) is 1.47. The summed E-state index contributed by atoms with van der Waals surface area (Å²) in [4.78, 5) is 32.5. The summed E-state index contributed by atoms with van der Waals surface area (Å²) >= 11 is 0. The van der Waals surface area contributed by atoms with Crippen LogP contribution in [-0.2, 0) is 9.59 Å². The van der Waals surface area contributed by atoms with Gasteiger partial charge in [-0.2, -0.15) is 0 Å². The van der Waals surface area contributed by atoms with Crippen LogP contribution in [0.3, 0.4) is 0 Å². The van der Waals surface area contributed by atoms with Crippen molar-refractivity contribution in [1.29, 1.82) is 0 Å². The minimum atomic E-state index is -1.07. The number of nitrogens with one attached hydrogen (secondary N) is 1. The molecule has 0 aliphatic heterocycles. The smallest absolute Gasteiger partial charge is 0.322 e. The predicted octanol–water partition coefficient (Wildman–Crippen LogP) is 1.25. The summed E-state index contributed by atoms with van der Waals surface area (Å²) in [5.41, 5.74) is 0.616. The zero-order valence-corrected chi connectivity index (χ0v) is 11.2. The van der Waals surface area contributed by atoms with E-state index in [1.165, 1.54) is 6.92 Å². The molecule has 0 aliphatic carbocycles. The topological polar surface area (TPSA) is 92.7 Å². The maximum atomic E-state index is 11.2. The van der Waals surface area contributed by atoms with Gasteiger partial charge in [0.05, 0.1) is 6.61 Å². The molecule has 1 amide bonds. The van der Waals surface area contributed by atoms with Crippen molar-refractivity contribution < 1.29 is 24.2 Å². The number of carboxylic acids is 1. The number of hydrogen-bond donors (Lipinski definition) is 2. The second-order valence-electron chi connectivity index (χ2n) is 4.20. The number of ether oxygens (including phenoxy) is 1. The molecular formula is C14H17NO5. The Morgan fingerprint density at radius 2 is 1.85 bits per heavy atom. The summed E-state index contributed by atoms with van der Waals surface area (Å²) in [7, 11) is 0. The van der Waals surface area contributed by atoms with Gasteiger partial charge in [0, 0.05) is 12.0 Å². The van der Waals surface area contributed by atoms with Gasteiger partial charge in [-0.05, 0) is 37.6 Å². The fraction of sp³-hybridized carbons (Fsp3) is 0.357.